The molecule has 1 aliphatic heterocycles. The van der Waals surface area contributed by atoms with E-state index in [-0.39, 0.29) is 12.5 Å². The van der Waals surface area contributed by atoms with Gasteiger partial charge in [0.05, 0.1) is 11.3 Å². The summed E-state index contributed by atoms with van der Waals surface area (Å²) in [5.41, 5.74) is 2.19. The van der Waals surface area contributed by atoms with E-state index in [0.717, 1.165) is 17.1 Å². The Kier molecular flexibility index (Phi) is 5.80. The Morgan fingerprint density at radius 3 is 2.47 bits per heavy atom. The third-order valence-electron chi connectivity index (χ3n) is 4.94. The Morgan fingerprint density at radius 2 is 1.77 bits per heavy atom. The van der Waals surface area contributed by atoms with Crippen molar-refractivity contribution in [2.45, 2.75) is 0 Å². The molecule has 3 heterocycles. The smallest absolute Gasteiger partial charge is 0.260 e. The molecule has 0 N–H and O–H groups in total. The average Bonchev–Trinajstić information content (AvgIpc) is 2.83. The number of piperazine rings is 1. The van der Waals surface area contributed by atoms with Crippen LogP contribution in [0.4, 0.5) is 5.82 Å². The second kappa shape index (κ2) is 9.01. The van der Waals surface area contributed by atoms with Crippen molar-refractivity contribution in [1.82, 2.24) is 20.1 Å². The zero-order valence-corrected chi connectivity index (χ0v) is 16.3. The first kappa shape index (κ1) is 19.3. The van der Waals surface area contributed by atoms with Gasteiger partial charge in [-0.3, -0.25) is 9.78 Å². The molecule has 0 unspecified atom stereocenters. The van der Waals surface area contributed by atoms with Gasteiger partial charge in [-0.25, -0.2) is 0 Å². The number of amides is 1. The molecule has 0 spiro atoms. The number of carbonyl (C=O) groups is 1. The number of ether oxygens (including phenoxy) is 1. The molecule has 4 rings (SSSR count). The zero-order valence-electron chi connectivity index (χ0n) is 16.3. The molecule has 0 radical (unpaired) electrons. The van der Waals surface area contributed by atoms with Crippen LogP contribution in [-0.2, 0) is 4.79 Å². The summed E-state index contributed by atoms with van der Waals surface area (Å²) in [4.78, 5) is 20.4. The number of anilines is 1. The Morgan fingerprint density at radius 1 is 1.00 bits per heavy atom. The zero-order chi connectivity index (χ0) is 20.8. The van der Waals surface area contributed by atoms with Gasteiger partial charge in [0.1, 0.15) is 11.8 Å². The lowest BCUT2D eigenvalue weighted by atomic mass is 10.2. The van der Waals surface area contributed by atoms with Crippen molar-refractivity contribution in [3.63, 3.8) is 0 Å². The van der Waals surface area contributed by atoms with Crippen LogP contribution in [0, 0.1) is 11.3 Å². The fourth-order valence-electron chi connectivity index (χ4n) is 3.27. The van der Waals surface area contributed by atoms with E-state index in [1.165, 1.54) is 0 Å². The van der Waals surface area contributed by atoms with Gasteiger partial charge in [-0.1, -0.05) is 12.1 Å². The molecular weight excluding hydrogens is 380 g/mol. The van der Waals surface area contributed by atoms with E-state index in [9.17, 15) is 4.79 Å². The number of aromatic nitrogens is 3. The van der Waals surface area contributed by atoms with E-state index >= 15 is 0 Å². The van der Waals surface area contributed by atoms with E-state index in [1.807, 2.05) is 24.3 Å². The SMILES string of the molecule is N#Cc1ccccc1OCC(=O)N1CCN(c2ccc(-c3ccncc3)nn2)CC1. The minimum atomic E-state index is -0.0958. The number of rotatable bonds is 5. The lowest BCUT2D eigenvalue weighted by Crippen LogP contribution is -2.50. The van der Waals surface area contributed by atoms with Gasteiger partial charge in [-0.05, 0) is 36.4 Å². The van der Waals surface area contributed by atoms with Crippen LogP contribution >= 0.6 is 0 Å². The number of carbonyl (C=O) groups excluding carboxylic acids is 1. The van der Waals surface area contributed by atoms with Crippen molar-refractivity contribution in [2.24, 2.45) is 0 Å². The number of nitrogens with zero attached hydrogens (tertiary/aromatic N) is 6. The molecule has 1 aromatic carbocycles. The summed E-state index contributed by atoms with van der Waals surface area (Å²) >= 11 is 0. The lowest BCUT2D eigenvalue weighted by molar-refractivity contribution is -0.133. The molecule has 1 saturated heterocycles. The molecular formula is C22H20N6O2. The van der Waals surface area contributed by atoms with Crippen molar-refractivity contribution < 1.29 is 9.53 Å². The number of benzene rings is 1. The maximum atomic E-state index is 12.5. The minimum Gasteiger partial charge on any atom is -0.482 e. The number of pyridine rings is 1. The molecule has 0 bridgehead atoms. The highest BCUT2D eigenvalue weighted by Gasteiger charge is 2.22. The van der Waals surface area contributed by atoms with Gasteiger partial charge in [0.25, 0.3) is 5.91 Å². The van der Waals surface area contributed by atoms with E-state index in [2.05, 4.69) is 26.2 Å². The molecule has 0 atom stereocenters. The first-order valence-electron chi connectivity index (χ1n) is 9.63. The van der Waals surface area contributed by atoms with Crippen molar-refractivity contribution in [2.75, 3.05) is 37.7 Å². The summed E-state index contributed by atoms with van der Waals surface area (Å²) < 4.78 is 5.56. The molecule has 0 aliphatic carbocycles. The second-order valence-electron chi connectivity index (χ2n) is 6.78. The van der Waals surface area contributed by atoms with Gasteiger partial charge in [-0.2, -0.15) is 5.26 Å². The van der Waals surface area contributed by atoms with Crippen LogP contribution in [0.25, 0.3) is 11.3 Å². The second-order valence-corrected chi connectivity index (χ2v) is 6.78. The standard InChI is InChI=1S/C22H20N6O2/c23-15-18-3-1-2-4-20(18)30-16-22(29)28-13-11-27(12-14-28)21-6-5-19(25-26-21)17-7-9-24-10-8-17/h1-10H,11-14,16H2. The third-order valence-corrected chi connectivity index (χ3v) is 4.94. The largest absolute Gasteiger partial charge is 0.482 e. The predicted octanol–water partition coefficient (Wildman–Crippen LogP) is 2.14. The lowest BCUT2D eigenvalue weighted by Gasteiger charge is -2.35. The maximum absolute atomic E-state index is 12.5. The fraction of sp³-hybridized carbons (Fsp3) is 0.227. The predicted molar refractivity (Wildman–Crippen MR) is 111 cm³/mol. The normalized spacial score (nSPS) is 13.6. The summed E-state index contributed by atoms with van der Waals surface area (Å²) in [7, 11) is 0. The van der Waals surface area contributed by atoms with Crippen molar-refractivity contribution in [1.29, 1.82) is 5.26 Å². The topological polar surface area (TPSA) is 95.2 Å². The minimum absolute atomic E-state index is 0.0842. The van der Waals surface area contributed by atoms with E-state index in [0.29, 0.717) is 37.5 Å². The van der Waals surface area contributed by atoms with Gasteiger partial charge in [0.2, 0.25) is 0 Å². The average molecular weight is 400 g/mol. The van der Waals surface area contributed by atoms with Crippen molar-refractivity contribution in [3.05, 3.63) is 66.5 Å². The summed E-state index contributed by atoms with van der Waals surface area (Å²) in [5, 5.41) is 17.8. The summed E-state index contributed by atoms with van der Waals surface area (Å²) in [6.07, 6.45) is 3.45. The number of para-hydroxylation sites is 1. The number of hydrogen-bond donors (Lipinski definition) is 0. The highest BCUT2D eigenvalue weighted by Crippen LogP contribution is 2.19. The molecule has 8 heteroatoms. The van der Waals surface area contributed by atoms with Crippen LogP contribution < -0.4 is 9.64 Å². The number of hydrogen-bond acceptors (Lipinski definition) is 7. The van der Waals surface area contributed by atoms with Crippen LogP contribution in [0.15, 0.2) is 60.9 Å². The molecule has 8 nitrogen and oxygen atoms in total. The van der Waals surface area contributed by atoms with Crippen LogP contribution in [-0.4, -0.2) is 58.8 Å². The van der Waals surface area contributed by atoms with Crippen molar-refractivity contribution >= 4 is 11.7 Å². The molecule has 1 fully saturated rings. The first-order chi connectivity index (χ1) is 14.7. The van der Waals surface area contributed by atoms with Gasteiger partial charge >= 0.3 is 0 Å². The summed E-state index contributed by atoms with van der Waals surface area (Å²) in [6, 6.07) is 16.6. The fourth-order valence-corrected chi connectivity index (χ4v) is 3.27. The Balaban J connectivity index is 1.30. The maximum Gasteiger partial charge on any atom is 0.260 e. The van der Waals surface area contributed by atoms with Crippen LogP contribution in [0.1, 0.15) is 5.56 Å². The monoisotopic (exact) mass is 400 g/mol. The highest BCUT2D eigenvalue weighted by molar-refractivity contribution is 5.78. The van der Waals surface area contributed by atoms with Crippen molar-refractivity contribution in [3.8, 4) is 23.1 Å². The highest BCUT2D eigenvalue weighted by atomic mass is 16.5. The quantitative estimate of drug-likeness (QED) is 0.647. The van der Waals surface area contributed by atoms with Gasteiger partial charge in [0, 0.05) is 44.1 Å². The van der Waals surface area contributed by atoms with Gasteiger partial charge in [-0.15, -0.1) is 10.2 Å². The molecule has 1 aliphatic rings. The Bertz CT molecular complexity index is 1040. The Hall–Kier alpha value is -3.99. The third kappa shape index (κ3) is 4.36. The summed E-state index contributed by atoms with van der Waals surface area (Å²) in [5.74, 6) is 1.12. The molecule has 2 aromatic heterocycles. The van der Waals surface area contributed by atoms with Crippen LogP contribution in [0.3, 0.4) is 0 Å². The molecule has 30 heavy (non-hydrogen) atoms. The molecule has 150 valence electrons. The number of nitriles is 1. The summed E-state index contributed by atoms with van der Waals surface area (Å²) in [6.45, 7) is 2.42. The van der Waals surface area contributed by atoms with E-state index in [4.69, 9.17) is 10.00 Å². The molecule has 3 aromatic rings. The van der Waals surface area contributed by atoms with Crippen LogP contribution in [0.2, 0.25) is 0 Å². The van der Waals surface area contributed by atoms with Gasteiger partial charge in [0.15, 0.2) is 12.4 Å². The van der Waals surface area contributed by atoms with Crippen LogP contribution in [0.5, 0.6) is 5.75 Å². The first-order valence-corrected chi connectivity index (χ1v) is 9.63. The van der Waals surface area contributed by atoms with E-state index < -0.39 is 0 Å². The molecule has 0 saturated carbocycles. The van der Waals surface area contributed by atoms with E-state index in [1.54, 1.807) is 41.6 Å². The molecule has 1 amide bonds. The van der Waals surface area contributed by atoms with Gasteiger partial charge < -0.3 is 14.5 Å². The Labute approximate surface area is 174 Å².